The third kappa shape index (κ3) is 1.69. The summed E-state index contributed by atoms with van der Waals surface area (Å²) in [5.41, 5.74) is 7.07. The molecular formula is C10H19N3O. The first-order valence-corrected chi connectivity index (χ1v) is 5.03. The summed E-state index contributed by atoms with van der Waals surface area (Å²) in [5.74, 6) is 0.511. The van der Waals surface area contributed by atoms with Crippen molar-refractivity contribution in [3.63, 3.8) is 0 Å². The number of nitrogen functional groups attached to an aromatic ring is 1. The van der Waals surface area contributed by atoms with Crippen molar-refractivity contribution >= 4 is 5.69 Å². The highest BCUT2D eigenvalue weighted by Gasteiger charge is 2.14. The summed E-state index contributed by atoms with van der Waals surface area (Å²) in [6.45, 7) is 7.04. The van der Waals surface area contributed by atoms with Crippen LogP contribution in [0.5, 0.6) is 0 Å². The molecule has 0 aliphatic heterocycles. The summed E-state index contributed by atoms with van der Waals surface area (Å²) in [6.07, 6.45) is 0.857. The number of nitrogens with two attached hydrogens (primary N) is 1. The lowest BCUT2D eigenvalue weighted by Gasteiger charge is -2.11. The van der Waals surface area contributed by atoms with Crippen LogP contribution in [-0.4, -0.2) is 9.36 Å². The van der Waals surface area contributed by atoms with Gasteiger partial charge in [0.25, 0.3) is 5.56 Å². The lowest BCUT2D eigenvalue weighted by molar-refractivity contribution is 0.484. The molecule has 0 bridgehead atoms. The summed E-state index contributed by atoms with van der Waals surface area (Å²) < 4.78 is 3.53. The van der Waals surface area contributed by atoms with Crippen molar-refractivity contribution in [1.82, 2.24) is 9.36 Å². The molecule has 0 saturated carbocycles. The average molecular weight is 197 g/mol. The summed E-state index contributed by atoms with van der Waals surface area (Å²) in [4.78, 5) is 11.6. The number of rotatable bonds is 3. The normalized spacial score (nSPS) is 11.2. The van der Waals surface area contributed by atoms with Crippen molar-refractivity contribution in [2.45, 2.75) is 33.7 Å². The van der Waals surface area contributed by atoms with E-state index in [2.05, 4.69) is 13.8 Å². The van der Waals surface area contributed by atoms with Crippen LogP contribution in [-0.2, 0) is 20.0 Å². The highest BCUT2D eigenvalue weighted by atomic mass is 16.1. The van der Waals surface area contributed by atoms with Crippen molar-refractivity contribution in [2.75, 3.05) is 5.73 Å². The summed E-state index contributed by atoms with van der Waals surface area (Å²) in [6, 6.07) is 0. The largest absolute Gasteiger partial charge is 0.393 e. The van der Waals surface area contributed by atoms with Gasteiger partial charge in [0, 0.05) is 13.6 Å². The maximum Gasteiger partial charge on any atom is 0.289 e. The van der Waals surface area contributed by atoms with Crippen LogP contribution in [0.15, 0.2) is 4.79 Å². The van der Waals surface area contributed by atoms with Gasteiger partial charge in [-0.25, -0.2) is 0 Å². The van der Waals surface area contributed by atoms with Crippen LogP contribution < -0.4 is 11.3 Å². The van der Waals surface area contributed by atoms with E-state index in [0.29, 0.717) is 11.6 Å². The Hall–Kier alpha value is -1.19. The molecule has 0 fully saturated rings. The van der Waals surface area contributed by atoms with E-state index in [0.717, 1.165) is 18.7 Å². The van der Waals surface area contributed by atoms with Crippen LogP contribution in [0.1, 0.15) is 26.5 Å². The molecule has 14 heavy (non-hydrogen) atoms. The molecule has 0 amide bonds. The third-order valence-corrected chi connectivity index (χ3v) is 2.41. The molecule has 80 valence electrons. The van der Waals surface area contributed by atoms with E-state index < -0.39 is 0 Å². The predicted molar refractivity (Wildman–Crippen MR) is 58.3 cm³/mol. The molecule has 0 unspecified atom stereocenters. The van der Waals surface area contributed by atoms with Crippen LogP contribution >= 0.6 is 0 Å². The van der Waals surface area contributed by atoms with Gasteiger partial charge in [0.1, 0.15) is 5.69 Å². The molecule has 0 aliphatic rings. The SMILES string of the molecule is CCn1c(CC(C)C)c(N)c(=O)n1C. The van der Waals surface area contributed by atoms with Gasteiger partial charge in [0.2, 0.25) is 0 Å². The van der Waals surface area contributed by atoms with E-state index in [4.69, 9.17) is 5.73 Å². The topological polar surface area (TPSA) is 52.9 Å². The quantitative estimate of drug-likeness (QED) is 0.785. The molecule has 0 radical (unpaired) electrons. The minimum absolute atomic E-state index is 0.0810. The Labute approximate surface area is 84.3 Å². The molecule has 1 heterocycles. The Morgan fingerprint density at radius 3 is 2.43 bits per heavy atom. The minimum Gasteiger partial charge on any atom is -0.393 e. The monoisotopic (exact) mass is 197 g/mol. The first-order chi connectivity index (χ1) is 6.49. The Morgan fingerprint density at radius 1 is 1.43 bits per heavy atom. The fourth-order valence-electron chi connectivity index (χ4n) is 1.73. The van der Waals surface area contributed by atoms with Crippen molar-refractivity contribution in [2.24, 2.45) is 13.0 Å². The molecule has 1 aromatic rings. The van der Waals surface area contributed by atoms with Crippen molar-refractivity contribution in [3.05, 3.63) is 16.0 Å². The first-order valence-electron chi connectivity index (χ1n) is 5.03. The number of anilines is 1. The minimum atomic E-state index is -0.0810. The Balaban J connectivity index is 3.26. The van der Waals surface area contributed by atoms with Crippen LogP contribution in [0.4, 0.5) is 5.69 Å². The van der Waals surface area contributed by atoms with Gasteiger partial charge < -0.3 is 5.73 Å². The molecular weight excluding hydrogens is 178 g/mol. The zero-order valence-corrected chi connectivity index (χ0v) is 9.37. The fraction of sp³-hybridized carbons (Fsp3) is 0.700. The van der Waals surface area contributed by atoms with E-state index in [1.165, 1.54) is 0 Å². The molecule has 0 spiro atoms. The van der Waals surface area contributed by atoms with E-state index >= 15 is 0 Å². The van der Waals surface area contributed by atoms with Gasteiger partial charge in [-0.1, -0.05) is 13.8 Å². The standard InChI is InChI=1S/C10H19N3O/c1-5-13-8(6-7(2)3)9(11)10(14)12(13)4/h7H,5-6,11H2,1-4H3. The summed E-state index contributed by atoms with van der Waals surface area (Å²) in [5, 5.41) is 0. The zero-order chi connectivity index (χ0) is 10.9. The molecule has 4 heteroatoms. The Bertz CT molecular complexity index is 373. The van der Waals surface area contributed by atoms with Gasteiger partial charge in [0.15, 0.2) is 0 Å². The number of aromatic nitrogens is 2. The van der Waals surface area contributed by atoms with Gasteiger partial charge >= 0.3 is 0 Å². The fourth-order valence-corrected chi connectivity index (χ4v) is 1.73. The van der Waals surface area contributed by atoms with Gasteiger partial charge in [-0.3, -0.25) is 14.2 Å². The van der Waals surface area contributed by atoms with E-state index in [1.54, 1.807) is 11.7 Å². The first kappa shape index (κ1) is 10.9. The summed E-state index contributed by atoms with van der Waals surface area (Å²) >= 11 is 0. The van der Waals surface area contributed by atoms with E-state index in [9.17, 15) is 4.79 Å². The smallest absolute Gasteiger partial charge is 0.289 e. The third-order valence-electron chi connectivity index (χ3n) is 2.41. The lowest BCUT2D eigenvalue weighted by atomic mass is 10.1. The van der Waals surface area contributed by atoms with E-state index in [-0.39, 0.29) is 5.56 Å². The zero-order valence-electron chi connectivity index (χ0n) is 9.37. The molecule has 0 aliphatic carbocycles. The molecule has 1 rings (SSSR count). The summed E-state index contributed by atoms with van der Waals surface area (Å²) in [7, 11) is 1.76. The maximum absolute atomic E-state index is 11.6. The van der Waals surface area contributed by atoms with Crippen LogP contribution in [0.3, 0.4) is 0 Å². The number of nitrogens with zero attached hydrogens (tertiary/aromatic N) is 2. The van der Waals surface area contributed by atoms with Crippen LogP contribution in [0, 0.1) is 5.92 Å². The predicted octanol–water partition coefficient (Wildman–Crippen LogP) is 0.987. The van der Waals surface area contributed by atoms with Crippen LogP contribution in [0.2, 0.25) is 0 Å². The highest BCUT2D eigenvalue weighted by molar-refractivity contribution is 5.41. The molecule has 0 aromatic carbocycles. The number of hydrogen-bond acceptors (Lipinski definition) is 2. The Morgan fingerprint density at radius 2 is 2.00 bits per heavy atom. The molecule has 2 N–H and O–H groups in total. The van der Waals surface area contributed by atoms with Crippen molar-refractivity contribution < 1.29 is 0 Å². The number of hydrogen-bond donors (Lipinski definition) is 1. The average Bonchev–Trinajstić information content (AvgIpc) is 2.31. The van der Waals surface area contributed by atoms with Crippen molar-refractivity contribution in [3.8, 4) is 0 Å². The molecule has 0 atom stereocenters. The van der Waals surface area contributed by atoms with E-state index in [1.807, 2.05) is 11.6 Å². The molecule has 4 nitrogen and oxygen atoms in total. The van der Waals surface area contributed by atoms with Crippen LogP contribution in [0.25, 0.3) is 0 Å². The maximum atomic E-state index is 11.6. The second-order valence-electron chi connectivity index (χ2n) is 4.00. The Kier molecular flexibility index (Phi) is 3.03. The molecule has 0 saturated heterocycles. The van der Waals surface area contributed by atoms with Gasteiger partial charge in [-0.2, -0.15) is 0 Å². The van der Waals surface area contributed by atoms with Gasteiger partial charge in [-0.15, -0.1) is 0 Å². The van der Waals surface area contributed by atoms with Gasteiger partial charge in [-0.05, 0) is 19.3 Å². The lowest BCUT2D eigenvalue weighted by Crippen LogP contribution is -2.20. The second kappa shape index (κ2) is 3.90. The molecule has 1 aromatic heterocycles. The van der Waals surface area contributed by atoms with Crippen molar-refractivity contribution in [1.29, 1.82) is 0 Å². The van der Waals surface area contributed by atoms with Gasteiger partial charge in [0.05, 0.1) is 5.69 Å². The second-order valence-corrected chi connectivity index (χ2v) is 4.00. The highest BCUT2D eigenvalue weighted by Crippen LogP contribution is 2.13.